The van der Waals surface area contributed by atoms with Crippen molar-refractivity contribution in [2.24, 2.45) is 0 Å². The Morgan fingerprint density at radius 1 is 0.892 bits per heavy atom. The van der Waals surface area contributed by atoms with Gasteiger partial charge in [-0.2, -0.15) is 0 Å². The van der Waals surface area contributed by atoms with Crippen LogP contribution in [0.4, 0.5) is 4.79 Å². The molecule has 0 atom stereocenters. The number of hydrogen-bond donors (Lipinski definition) is 1. The first-order valence-electron chi connectivity index (χ1n) is 13.9. The van der Waals surface area contributed by atoms with Crippen LogP contribution in [0.25, 0.3) is 0 Å². The first kappa shape index (κ1) is 26.1. The van der Waals surface area contributed by atoms with Crippen LogP contribution in [0.5, 0.6) is 5.75 Å². The van der Waals surface area contributed by atoms with Gasteiger partial charge >= 0.3 is 6.03 Å². The molecule has 3 aliphatic rings. The van der Waals surface area contributed by atoms with Gasteiger partial charge in [-0.1, -0.05) is 61.7 Å². The highest BCUT2D eigenvalue weighted by molar-refractivity contribution is 5.78. The predicted molar refractivity (Wildman–Crippen MR) is 147 cm³/mol. The van der Waals surface area contributed by atoms with Crippen molar-refractivity contribution in [1.82, 2.24) is 14.7 Å². The van der Waals surface area contributed by atoms with Gasteiger partial charge in [-0.15, -0.1) is 0 Å². The largest absolute Gasteiger partial charge is 0.497 e. The van der Waals surface area contributed by atoms with Gasteiger partial charge in [0.15, 0.2) is 0 Å². The highest BCUT2D eigenvalue weighted by atomic mass is 16.5. The average Bonchev–Trinajstić information content (AvgIpc) is 3.15. The summed E-state index contributed by atoms with van der Waals surface area (Å²) in [4.78, 5) is 20.5. The normalized spacial score (nSPS) is 27.8. The molecule has 1 saturated heterocycles. The van der Waals surface area contributed by atoms with E-state index in [2.05, 4.69) is 54.2 Å². The zero-order chi connectivity index (χ0) is 26.1. The summed E-state index contributed by atoms with van der Waals surface area (Å²) in [5.74, 6) is 0.822. The molecule has 1 aliphatic heterocycles. The average molecular weight is 506 g/mol. The molecule has 2 aromatic rings. The van der Waals surface area contributed by atoms with Crippen molar-refractivity contribution in [3.8, 4) is 5.75 Å². The van der Waals surface area contributed by atoms with E-state index in [1.54, 1.807) is 7.11 Å². The summed E-state index contributed by atoms with van der Waals surface area (Å²) in [7, 11) is 6.04. The number of benzene rings is 2. The minimum atomic E-state index is -0.771. The molecule has 2 amide bonds. The first-order chi connectivity index (χ1) is 17.8. The summed E-state index contributed by atoms with van der Waals surface area (Å²) >= 11 is 0. The molecule has 1 spiro atoms. The molecule has 0 bridgehead atoms. The lowest BCUT2D eigenvalue weighted by atomic mass is 9.68. The zero-order valence-electron chi connectivity index (χ0n) is 22.8. The van der Waals surface area contributed by atoms with E-state index in [0.29, 0.717) is 19.6 Å². The van der Waals surface area contributed by atoms with Gasteiger partial charge in [-0.05, 0) is 75.9 Å². The SMILES string of the molecule is COc1ccc(CN2CC3(CCC(c4ccccc4)(N(C)C)CC3)N(CC3(O)CCCCC3)C2=O)cc1. The van der Waals surface area contributed by atoms with Crippen molar-refractivity contribution in [2.75, 3.05) is 34.3 Å². The molecular formula is C31H43N3O3. The number of β-amino-alcohol motifs (C(OH)–C–C–N with tert-alkyl or cyclic N) is 1. The number of hydrogen-bond acceptors (Lipinski definition) is 4. The fourth-order valence-corrected chi connectivity index (χ4v) is 7.15. The highest BCUT2D eigenvalue weighted by Gasteiger charge is 2.55. The third-order valence-electron chi connectivity index (χ3n) is 9.50. The van der Waals surface area contributed by atoms with Gasteiger partial charge in [0.05, 0.1) is 24.8 Å². The Kier molecular flexibility index (Phi) is 7.25. The molecule has 200 valence electrons. The quantitative estimate of drug-likeness (QED) is 0.548. The molecule has 37 heavy (non-hydrogen) atoms. The van der Waals surface area contributed by atoms with Crippen LogP contribution >= 0.6 is 0 Å². The van der Waals surface area contributed by atoms with E-state index in [9.17, 15) is 9.90 Å². The lowest BCUT2D eigenvalue weighted by Gasteiger charge is -2.52. The minimum absolute atomic E-state index is 0.0353. The van der Waals surface area contributed by atoms with Crippen LogP contribution in [0.3, 0.4) is 0 Å². The molecule has 0 unspecified atom stereocenters. The van der Waals surface area contributed by atoms with Gasteiger partial charge in [0.1, 0.15) is 5.75 Å². The lowest BCUT2D eigenvalue weighted by molar-refractivity contribution is -0.0475. The van der Waals surface area contributed by atoms with Crippen molar-refractivity contribution in [1.29, 1.82) is 0 Å². The van der Waals surface area contributed by atoms with Gasteiger partial charge in [-0.3, -0.25) is 4.90 Å². The monoisotopic (exact) mass is 505 g/mol. The molecule has 6 nitrogen and oxygen atoms in total. The Labute approximate surface area is 222 Å². The molecule has 1 N–H and O–H groups in total. The minimum Gasteiger partial charge on any atom is -0.497 e. The van der Waals surface area contributed by atoms with E-state index in [0.717, 1.165) is 62.7 Å². The van der Waals surface area contributed by atoms with Gasteiger partial charge in [0.25, 0.3) is 0 Å². The second-order valence-electron chi connectivity index (χ2n) is 11.9. The molecule has 2 aliphatic carbocycles. The molecule has 5 rings (SSSR count). The molecule has 3 fully saturated rings. The topological polar surface area (TPSA) is 56.3 Å². The molecule has 0 radical (unpaired) electrons. The molecule has 0 aromatic heterocycles. The Balaban J connectivity index is 1.42. The standard InChI is InChI=1S/C31H43N3O3/c1-32(2)31(26-10-6-4-7-11-26)20-18-29(19-21-31)23-33(22-25-12-14-27(37-3)15-13-25)28(35)34(29)24-30(36)16-8-5-9-17-30/h4,6-7,10-15,36H,5,8-9,16-24H2,1-3H3. The summed E-state index contributed by atoms with van der Waals surface area (Å²) in [6.07, 6.45) is 8.67. The van der Waals surface area contributed by atoms with E-state index >= 15 is 0 Å². The van der Waals surface area contributed by atoms with Crippen molar-refractivity contribution >= 4 is 6.03 Å². The van der Waals surface area contributed by atoms with E-state index in [-0.39, 0.29) is 17.1 Å². The van der Waals surface area contributed by atoms with E-state index < -0.39 is 5.60 Å². The first-order valence-corrected chi connectivity index (χ1v) is 13.9. The van der Waals surface area contributed by atoms with Crippen molar-refractivity contribution in [3.05, 3.63) is 65.7 Å². The van der Waals surface area contributed by atoms with Crippen molar-refractivity contribution in [3.63, 3.8) is 0 Å². The van der Waals surface area contributed by atoms with Crippen LogP contribution in [-0.2, 0) is 12.1 Å². The molecule has 2 aromatic carbocycles. The Hall–Kier alpha value is -2.57. The maximum Gasteiger partial charge on any atom is 0.321 e. The van der Waals surface area contributed by atoms with Crippen LogP contribution in [0.2, 0.25) is 0 Å². The smallest absolute Gasteiger partial charge is 0.321 e. The van der Waals surface area contributed by atoms with Gasteiger partial charge in [0, 0.05) is 18.6 Å². The zero-order valence-corrected chi connectivity index (χ0v) is 22.8. The van der Waals surface area contributed by atoms with E-state index in [1.807, 2.05) is 29.2 Å². The van der Waals surface area contributed by atoms with Crippen molar-refractivity contribution in [2.45, 2.75) is 81.0 Å². The predicted octanol–water partition coefficient (Wildman–Crippen LogP) is 5.40. The highest BCUT2D eigenvalue weighted by Crippen LogP contribution is 2.50. The summed E-state index contributed by atoms with van der Waals surface area (Å²) in [5.41, 5.74) is 1.40. The van der Waals surface area contributed by atoms with E-state index in [4.69, 9.17) is 4.74 Å². The summed E-state index contributed by atoms with van der Waals surface area (Å²) < 4.78 is 5.32. The number of urea groups is 1. The van der Waals surface area contributed by atoms with Crippen LogP contribution in [-0.4, -0.2) is 71.3 Å². The molecule has 6 heteroatoms. The maximum atomic E-state index is 14.0. The number of aliphatic hydroxyl groups is 1. The molecule has 1 heterocycles. The van der Waals surface area contributed by atoms with Crippen LogP contribution in [0.15, 0.2) is 54.6 Å². The number of amides is 2. The second-order valence-corrected chi connectivity index (χ2v) is 11.9. The number of rotatable bonds is 7. The fourth-order valence-electron chi connectivity index (χ4n) is 7.15. The second kappa shape index (κ2) is 10.3. The summed E-state index contributed by atoms with van der Waals surface area (Å²) in [6.45, 7) is 1.74. The number of ether oxygens (including phenoxy) is 1. The lowest BCUT2D eigenvalue weighted by Crippen LogP contribution is -2.58. The fraction of sp³-hybridized carbons (Fsp3) is 0.581. The number of nitrogens with zero attached hydrogens (tertiary/aromatic N) is 3. The summed E-state index contributed by atoms with van der Waals surface area (Å²) in [6, 6.07) is 18.9. The number of carbonyl (C=O) groups is 1. The number of carbonyl (C=O) groups excluding carboxylic acids is 1. The summed E-state index contributed by atoms with van der Waals surface area (Å²) in [5, 5.41) is 11.5. The van der Waals surface area contributed by atoms with Crippen LogP contribution < -0.4 is 4.74 Å². The Bertz CT molecular complexity index is 1050. The third-order valence-corrected chi connectivity index (χ3v) is 9.50. The maximum absolute atomic E-state index is 14.0. The Morgan fingerprint density at radius 3 is 2.14 bits per heavy atom. The third kappa shape index (κ3) is 4.98. The van der Waals surface area contributed by atoms with Gasteiger partial charge < -0.3 is 19.6 Å². The van der Waals surface area contributed by atoms with E-state index in [1.165, 1.54) is 12.0 Å². The van der Waals surface area contributed by atoms with Gasteiger partial charge in [-0.25, -0.2) is 4.79 Å². The molecule has 2 saturated carbocycles. The van der Waals surface area contributed by atoms with Crippen LogP contribution in [0.1, 0.15) is 68.9 Å². The number of methoxy groups -OCH3 is 1. The van der Waals surface area contributed by atoms with Crippen molar-refractivity contribution < 1.29 is 14.6 Å². The van der Waals surface area contributed by atoms with Crippen LogP contribution in [0, 0.1) is 0 Å². The van der Waals surface area contributed by atoms with Gasteiger partial charge in [0.2, 0.25) is 0 Å². The molecular weight excluding hydrogens is 462 g/mol. The Morgan fingerprint density at radius 2 is 1.54 bits per heavy atom.